The Kier molecular flexibility index (Phi) is 5.39. The Morgan fingerprint density at radius 3 is 2.86 bits per heavy atom. The monoisotopic (exact) mass is 292 g/mol. The van der Waals surface area contributed by atoms with Gasteiger partial charge in [0, 0.05) is 32.3 Å². The summed E-state index contributed by atoms with van der Waals surface area (Å²) in [5, 5.41) is 3.42. The van der Waals surface area contributed by atoms with Crippen LogP contribution in [0.3, 0.4) is 0 Å². The number of piperidine rings is 1. The van der Waals surface area contributed by atoms with Crippen molar-refractivity contribution >= 4 is 11.6 Å². The zero-order valence-corrected chi connectivity index (χ0v) is 13.8. The molecule has 1 aliphatic heterocycles. The molecule has 21 heavy (non-hydrogen) atoms. The number of ether oxygens (including phenoxy) is 1. The summed E-state index contributed by atoms with van der Waals surface area (Å²) in [6.45, 7) is 9.38. The van der Waals surface area contributed by atoms with E-state index in [9.17, 15) is 0 Å². The Bertz CT molecular complexity index is 466. The molecule has 1 aromatic heterocycles. The van der Waals surface area contributed by atoms with E-state index in [1.54, 1.807) is 13.4 Å². The zero-order valence-electron chi connectivity index (χ0n) is 13.8. The summed E-state index contributed by atoms with van der Waals surface area (Å²) >= 11 is 0. The standard InChI is InChI=1S/C16H28N4O/c1-5-9-17-14-13(6-2)15(19-12-18-14)20-10-7-8-16(3,11-20)21-4/h12H,5-11H2,1-4H3,(H,17,18,19). The molecule has 0 radical (unpaired) electrons. The maximum Gasteiger partial charge on any atom is 0.137 e. The number of rotatable bonds is 6. The van der Waals surface area contributed by atoms with Crippen LogP contribution < -0.4 is 10.2 Å². The first-order valence-corrected chi connectivity index (χ1v) is 8.01. The molecule has 0 spiro atoms. The van der Waals surface area contributed by atoms with E-state index < -0.39 is 0 Å². The highest BCUT2D eigenvalue weighted by Gasteiger charge is 2.32. The second kappa shape index (κ2) is 7.07. The molecule has 0 bridgehead atoms. The molecule has 0 aliphatic carbocycles. The van der Waals surface area contributed by atoms with E-state index in [-0.39, 0.29) is 5.60 Å². The van der Waals surface area contributed by atoms with Crippen molar-refractivity contribution < 1.29 is 4.74 Å². The van der Waals surface area contributed by atoms with Gasteiger partial charge in [-0.3, -0.25) is 0 Å². The SMILES string of the molecule is CCCNc1ncnc(N2CCCC(C)(OC)C2)c1CC. The van der Waals surface area contributed by atoms with E-state index in [2.05, 4.69) is 41.0 Å². The summed E-state index contributed by atoms with van der Waals surface area (Å²) in [5.41, 5.74) is 1.14. The van der Waals surface area contributed by atoms with Gasteiger partial charge in [0.15, 0.2) is 0 Å². The normalized spacial score (nSPS) is 22.4. The molecule has 1 atom stereocenters. The second-order valence-corrected chi connectivity index (χ2v) is 5.98. The molecule has 2 rings (SSSR count). The average Bonchev–Trinajstić information content (AvgIpc) is 2.52. The first-order chi connectivity index (χ1) is 10.1. The highest BCUT2D eigenvalue weighted by molar-refractivity contribution is 5.59. The molecule has 1 unspecified atom stereocenters. The Balaban J connectivity index is 2.26. The molecule has 2 heterocycles. The zero-order chi connectivity index (χ0) is 15.3. The largest absolute Gasteiger partial charge is 0.377 e. The molecule has 1 saturated heterocycles. The van der Waals surface area contributed by atoms with Crippen LogP contribution in [0.15, 0.2) is 6.33 Å². The highest BCUT2D eigenvalue weighted by Crippen LogP contribution is 2.31. The molecular formula is C16H28N4O. The molecule has 5 heteroatoms. The highest BCUT2D eigenvalue weighted by atomic mass is 16.5. The minimum Gasteiger partial charge on any atom is -0.377 e. The minimum atomic E-state index is -0.0782. The third kappa shape index (κ3) is 3.64. The van der Waals surface area contributed by atoms with Crippen molar-refractivity contribution in [3.05, 3.63) is 11.9 Å². The Labute approximate surface area is 128 Å². The minimum absolute atomic E-state index is 0.0782. The van der Waals surface area contributed by atoms with Gasteiger partial charge < -0.3 is 15.0 Å². The van der Waals surface area contributed by atoms with Crippen molar-refractivity contribution in [2.24, 2.45) is 0 Å². The summed E-state index contributed by atoms with van der Waals surface area (Å²) < 4.78 is 5.70. The number of nitrogens with zero attached hydrogens (tertiary/aromatic N) is 3. The van der Waals surface area contributed by atoms with Crippen molar-refractivity contribution in [3.8, 4) is 0 Å². The third-order valence-corrected chi connectivity index (χ3v) is 4.27. The summed E-state index contributed by atoms with van der Waals surface area (Å²) in [5.74, 6) is 2.04. The topological polar surface area (TPSA) is 50.3 Å². The number of methoxy groups -OCH3 is 1. The molecule has 0 saturated carbocycles. The van der Waals surface area contributed by atoms with Crippen LogP contribution in [0.2, 0.25) is 0 Å². The predicted molar refractivity (Wildman–Crippen MR) is 87.1 cm³/mol. The van der Waals surface area contributed by atoms with Gasteiger partial charge in [0.1, 0.15) is 18.0 Å². The van der Waals surface area contributed by atoms with Gasteiger partial charge in [-0.25, -0.2) is 9.97 Å². The van der Waals surface area contributed by atoms with E-state index in [0.29, 0.717) is 0 Å². The average molecular weight is 292 g/mol. The van der Waals surface area contributed by atoms with E-state index in [0.717, 1.165) is 57.0 Å². The van der Waals surface area contributed by atoms with Crippen molar-refractivity contribution in [3.63, 3.8) is 0 Å². The van der Waals surface area contributed by atoms with Gasteiger partial charge in [0.05, 0.1) is 5.60 Å². The lowest BCUT2D eigenvalue weighted by Gasteiger charge is -2.40. The van der Waals surface area contributed by atoms with E-state index in [4.69, 9.17) is 4.74 Å². The van der Waals surface area contributed by atoms with E-state index in [1.165, 1.54) is 5.56 Å². The fraction of sp³-hybridized carbons (Fsp3) is 0.750. The van der Waals surface area contributed by atoms with Crippen LogP contribution in [-0.4, -0.2) is 42.3 Å². The number of hydrogen-bond donors (Lipinski definition) is 1. The number of aromatic nitrogens is 2. The van der Waals surface area contributed by atoms with Crippen molar-refractivity contribution in [1.29, 1.82) is 0 Å². The summed E-state index contributed by atoms with van der Waals surface area (Å²) in [6, 6.07) is 0. The summed E-state index contributed by atoms with van der Waals surface area (Å²) in [6.07, 6.45) is 5.93. The second-order valence-electron chi connectivity index (χ2n) is 5.98. The molecule has 1 aliphatic rings. The molecular weight excluding hydrogens is 264 g/mol. The van der Waals surface area contributed by atoms with Gasteiger partial charge in [-0.1, -0.05) is 13.8 Å². The molecule has 5 nitrogen and oxygen atoms in total. The van der Waals surface area contributed by atoms with E-state index >= 15 is 0 Å². The van der Waals surface area contributed by atoms with Crippen LogP contribution in [0.1, 0.15) is 45.6 Å². The van der Waals surface area contributed by atoms with Gasteiger partial charge in [-0.15, -0.1) is 0 Å². The quantitative estimate of drug-likeness (QED) is 0.873. The summed E-state index contributed by atoms with van der Waals surface area (Å²) in [7, 11) is 1.80. The van der Waals surface area contributed by atoms with Gasteiger partial charge >= 0.3 is 0 Å². The molecule has 118 valence electrons. The van der Waals surface area contributed by atoms with E-state index in [1.807, 2.05) is 0 Å². The van der Waals surface area contributed by atoms with Crippen LogP contribution in [0.5, 0.6) is 0 Å². The van der Waals surface area contributed by atoms with Crippen LogP contribution in [-0.2, 0) is 11.2 Å². The molecule has 0 aromatic carbocycles. The molecule has 1 aromatic rings. The molecule has 1 N–H and O–H groups in total. The van der Waals surface area contributed by atoms with Gasteiger partial charge in [0.25, 0.3) is 0 Å². The van der Waals surface area contributed by atoms with Crippen molar-refractivity contribution in [2.75, 3.05) is 37.0 Å². The van der Waals surface area contributed by atoms with Crippen molar-refractivity contribution in [2.45, 2.75) is 52.1 Å². The first kappa shape index (κ1) is 16.0. The summed E-state index contributed by atoms with van der Waals surface area (Å²) in [4.78, 5) is 11.3. The number of hydrogen-bond acceptors (Lipinski definition) is 5. The lowest BCUT2D eigenvalue weighted by Crippen LogP contribution is -2.48. The van der Waals surface area contributed by atoms with Crippen LogP contribution in [0.25, 0.3) is 0 Å². The Morgan fingerprint density at radius 1 is 1.38 bits per heavy atom. The molecule has 1 fully saturated rings. The van der Waals surface area contributed by atoms with Crippen LogP contribution in [0, 0.1) is 0 Å². The van der Waals surface area contributed by atoms with Gasteiger partial charge in [-0.05, 0) is 32.6 Å². The fourth-order valence-corrected chi connectivity index (χ4v) is 2.95. The number of nitrogens with one attached hydrogen (secondary N) is 1. The maximum atomic E-state index is 5.70. The Hall–Kier alpha value is -1.36. The van der Waals surface area contributed by atoms with Crippen molar-refractivity contribution in [1.82, 2.24) is 9.97 Å². The van der Waals surface area contributed by atoms with Gasteiger partial charge in [0.2, 0.25) is 0 Å². The smallest absolute Gasteiger partial charge is 0.137 e. The predicted octanol–water partition coefficient (Wildman–Crippen LogP) is 2.87. The first-order valence-electron chi connectivity index (χ1n) is 8.01. The number of anilines is 2. The Morgan fingerprint density at radius 2 is 2.19 bits per heavy atom. The fourth-order valence-electron chi connectivity index (χ4n) is 2.95. The maximum absolute atomic E-state index is 5.70. The van der Waals surface area contributed by atoms with Crippen LogP contribution >= 0.6 is 0 Å². The molecule has 0 amide bonds. The lowest BCUT2D eigenvalue weighted by molar-refractivity contribution is -0.00484. The van der Waals surface area contributed by atoms with Gasteiger partial charge in [-0.2, -0.15) is 0 Å². The lowest BCUT2D eigenvalue weighted by atomic mass is 9.94. The third-order valence-electron chi connectivity index (χ3n) is 4.27. The van der Waals surface area contributed by atoms with Crippen LogP contribution in [0.4, 0.5) is 11.6 Å².